The Morgan fingerprint density at radius 2 is 1.71 bits per heavy atom. The van der Waals surface area contributed by atoms with E-state index in [0.29, 0.717) is 12.1 Å². The van der Waals surface area contributed by atoms with Gasteiger partial charge in [0, 0.05) is 44.0 Å². The molecule has 1 aromatic carbocycles. The lowest BCUT2D eigenvalue weighted by molar-refractivity contribution is 0.192. The molecule has 3 nitrogen and oxygen atoms in total. The van der Waals surface area contributed by atoms with Crippen molar-refractivity contribution >= 4 is 5.69 Å². The van der Waals surface area contributed by atoms with Gasteiger partial charge in [-0.3, -0.25) is 4.90 Å². The highest BCUT2D eigenvalue weighted by Gasteiger charge is 2.22. The molecule has 21 heavy (non-hydrogen) atoms. The fraction of sp³-hybridized carbons (Fsp3) is 0.667. The highest BCUT2D eigenvalue weighted by atomic mass is 15.3. The average Bonchev–Trinajstić information content (AvgIpc) is 2.54. The molecular weight excluding hydrogens is 258 g/mol. The molecule has 1 heterocycles. The molecule has 0 aliphatic carbocycles. The third kappa shape index (κ3) is 3.98. The molecule has 0 spiro atoms. The molecule has 118 valence electrons. The summed E-state index contributed by atoms with van der Waals surface area (Å²) in [6.45, 7) is 14.7. The average molecular weight is 289 g/mol. The first kappa shape index (κ1) is 16.3. The van der Waals surface area contributed by atoms with E-state index in [1.165, 1.54) is 30.8 Å². The molecule has 0 radical (unpaired) electrons. The number of hydrogen-bond donors (Lipinski definition) is 1. The van der Waals surface area contributed by atoms with Gasteiger partial charge in [-0.05, 0) is 38.4 Å². The summed E-state index contributed by atoms with van der Waals surface area (Å²) in [5.41, 5.74) is 2.84. The first-order valence-electron chi connectivity index (χ1n) is 8.48. The van der Waals surface area contributed by atoms with Crippen molar-refractivity contribution in [2.45, 2.75) is 46.2 Å². The van der Waals surface area contributed by atoms with E-state index in [4.69, 9.17) is 0 Å². The van der Waals surface area contributed by atoms with Gasteiger partial charge in [-0.1, -0.05) is 32.0 Å². The summed E-state index contributed by atoms with van der Waals surface area (Å²) in [4.78, 5) is 5.18. The summed E-state index contributed by atoms with van der Waals surface area (Å²) in [5.74, 6) is 0. The second-order valence-electron chi connectivity index (χ2n) is 6.12. The quantitative estimate of drug-likeness (QED) is 0.867. The largest absolute Gasteiger partial charge is 0.369 e. The highest BCUT2D eigenvalue weighted by molar-refractivity contribution is 5.55. The van der Waals surface area contributed by atoms with Crippen LogP contribution in [0.25, 0.3) is 0 Å². The first-order valence-corrected chi connectivity index (χ1v) is 8.48. The van der Waals surface area contributed by atoms with Crippen molar-refractivity contribution in [2.24, 2.45) is 0 Å². The van der Waals surface area contributed by atoms with Crippen molar-refractivity contribution < 1.29 is 0 Å². The maximum absolute atomic E-state index is 3.54. The molecule has 0 aromatic heterocycles. The normalized spacial score (nSPS) is 19.5. The Morgan fingerprint density at radius 1 is 1.05 bits per heavy atom. The van der Waals surface area contributed by atoms with E-state index in [0.717, 1.165) is 19.6 Å². The van der Waals surface area contributed by atoms with Crippen LogP contribution >= 0.6 is 0 Å². The van der Waals surface area contributed by atoms with Crippen LogP contribution in [0.1, 0.15) is 45.7 Å². The lowest BCUT2D eigenvalue weighted by atomic mass is 10.0. The zero-order valence-corrected chi connectivity index (χ0v) is 14.1. The van der Waals surface area contributed by atoms with Gasteiger partial charge in [0.15, 0.2) is 0 Å². The number of nitrogens with zero attached hydrogens (tertiary/aromatic N) is 2. The summed E-state index contributed by atoms with van der Waals surface area (Å²) in [6.07, 6.45) is 1.24. The SMILES string of the molecule is CCNC(C)c1ccccc1N1CCN(C(C)CC)CC1. The van der Waals surface area contributed by atoms with Crippen LogP contribution < -0.4 is 10.2 Å². The van der Waals surface area contributed by atoms with Crippen molar-refractivity contribution in [3.8, 4) is 0 Å². The molecule has 0 bridgehead atoms. The van der Waals surface area contributed by atoms with Crippen LogP contribution in [-0.4, -0.2) is 43.7 Å². The Balaban J connectivity index is 2.06. The molecular formula is C18H31N3. The van der Waals surface area contributed by atoms with Gasteiger partial charge in [-0.15, -0.1) is 0 Å². The number of anilines is 1. The van der Waals surface area contributed by atoms with E-state index < -0.39 is 0 Å². The van der Waals surface area contributed by atoms with Crippen molar-refractivity contribution in [2.75, 3.05) is 37.6 Å². The van der Waals surface area contributed by atoms with Gasteiger partial charge >= 0.3 is 0 Å². The zero-order chi connectivity index (χ0) is 15.2. The second kappa shape index (κ2) is 7.81. The van der Waals surface area contributed by atoms with Crippen molar-refractivity contribution in [3.05, 3.63) is 29.8 Å². The molecule has 3 heteroatoms. The lowest BCUT2D eigenvalue weighted by Gasteiger charge is -2.40. The van der Waals surface area contributed by atoms with E-state index >= 15 is 0 Å². The number of piperazine rings is 1. The third-order valence-electron chi connectivity index (χ3n) is 4.78. The number of nitrogens with one attached hydrogen (secondary N) is 1. The fourth-order valence-corrected chi connectivity index (χ4v) is 3.22. The molecule has 1 aliphatic heterocycles. The molecule has 2 rings (SSSR count). The maximum atomic E-state index is 3.54. The van der Waals surface area contributed by atoms with Gasteiger partial charge in [0.05, 0.1) is 0 Å². The minimum Gasteiger partial charge on any atom is -0.369 e. The van der Waals surface area contributed by atoms with E-state index in [9.17, 15) is 0 Å². The number of benzene rings is 1. The number of rotatable bonds is 6. The van der Waals surface area contributed by atoms with Crippen LogP contribution in [0.5, 0.6) is 0 Å². The Bertz CT molecular complexity index is 424. The molecule has 1 fully saturated rings. The topological polar surface area (TPSA) is 18.5 Å². The summed E-state index contributed by atoms with van der Waals surface area (Å²) < 4.78 is 0. The van der Waals surface area contributed by atoms with Gasteiger partial charge in [0.25, 0.3) is 0 Å². The summed E-state index contributed by atoms with van der Waals surface area (Å²) in [7, 11) is 0. The minimum absolute atomic E-state index is 0.416. The Hall–Kier alpha value is -1.06. The molecule has 0 amide bonds. The number of hydrogen-bond acceptors (Lipinski definition) is 3. The van der Waals surface area contributed by atoms with Crippen LogP contribution in [0, 0.1) is 0 Å². The van der Waals surface area contributed by atoms with Gasteiger partial charge in [-0.2, -0.15) is 0 Å². The summed E-state index contributed by atoms with van der Waals surface area (Å²) >= 11 is 0. The van der Waals surface area contributed by atoms with E-state index in [1.54, 1.807) is 0 Å². The van der Waals surface area contributed by atoms with E-state index in [-0.39, 0.29) is 0 Å². The molecule has 0 saturated carbocycles. The predicted molar refractivity (Wildman–Crippen MR) is 92.1 cm³/mol. The van der Waals surface area contributed by atoms with E-state index in [2.05, 4.69) is 67.1 Å². The van der Waals surface area contributed by atoms with Crippen molar-refractivity contribution in [1.82, 2.24) is 10.2 Å². The highest BCUT2D eigenvalue weighted by Crippen LogP contribution is 2.27. The van der Waals surface area contributed by atoms with Crippen LogP contribution in [0.15, 0.2) is 24.3 Å². The monoisotopic (exact) mass is 289 g/mol. The Kier molecular flexibility index (Phi) is 6.07. The zero-order valence-electron chi connectivity index (χ0n) is 14.1. The maximum Gasteiger partial charge on any atom is 0.0415 e. The van der Waals surface area contributed by atoms with Crippen LogP contribution in [0.4, 0.5) is 5.69 Å². The Labute approximate surface area is 130 Å². The minimum atomic E-state index is 0.416. The fourth-order valence-electron chi connectivity index (χ4n) is 3.22. The van der Waals surface area contributed by atoms with Crippen molar-refractivity contribution in [1.29, 1.82) is 0 Å². The lowest BCUT2D eigenvalue weighted by Crippen LogP contribution is -2.49. The number of para-hydroxylation sites is 1. The van der Waals surface area contributed by atoms with Gasteiger partial charge in [0.2, 0.25) is 0 Å². The molecule has 1 aliphatic rings. The smallest absolute Gasteiger partial charge is 0.0415 e. The molecule has 2 atom stereocenters. The van der Waals surface area contributed by atoms with Crippen LogP contribution in [-0.2, 0) is 0 Å². The molecule has 1 N–H and O–H groups in total. The van der Waals surface area contributed by atoms with Crippen molar-refractivity contribution in [3.63, 3.8) is 0 Å². The van der Waals surface area contributed by atoms with Crippen LogP contribution in [0.2, 0.25) is 0 Å². The molecule has 1 aromatic rings. The van der Waals surface area contributed by atoms with E-state index in [1.807, 2.05) is 0 Å². The third-order valence-corrected chi connectivity index (χ3v) is 4.78. The summed E-state index contributed by atoms with van der Waals surface area (Å²) in [5, 5.41) is 3.54. The molecule has 1 saturated heterocycles. The predicted octanol–water partition coefficient (Wildman–Crippen LogP) is 3.28. The second-order valence-corrected chi connectivity index (χ2v) is 6.12. The van der Waals surface area contributed by atoms with Crippen LogP contribution in [0.3, 0.4) is 0 Å². The molecule has 2 unspecified atom stereocenters. The Morgan fingerprint density at radius 3 is 2.33 bits per heavy atom. The summed E-state index contributed by atoms with van der Waals surface area (Å²) in [6, 6.07) is 9.99. The standard InChI is InChI=1S/C18H31N3/c1-5-15(3)20-11-13-21(14-12-20)18-10-8-7-9-17(18)16(4)19-6-2/h7-10,15-16,19H,5-6,11-14H2,1-4H3. The first-order chi connectivity index (χ1) is 10.2. The van der Waals surface area contributed by atoms with Gasteiger partial charge < -0.3 is 10.2 Å². The van der Waals surface area contributed by atoms with Gasteiger partial charge in [-0.25, -0.2) is 0 Å². The van der Waals surface area contributed by atoms with Gasteiger partial charge in [0.1, 0.15) is 0 Å².